The molecule has 2 heterocycles. The number of carbonyl (C=O) groups excluding carboxylic acids is 3. The number of amides is 3. The third kappa shape index (κ3) is 7.40. The second-order valence-electron chi connectivity index (χ2n) is 11.5. The Balaban J connectivity index is 1.50. The highest BCUT2D eigenvalue weighted by molar-refractivity contribution is 5.98. The Morgan fingerprint density at radius 1 is 1.05 bits per heavy atom. The molecule has 228 valence electrons. The van der Waals surface area contributed by atoms with Crippen LogP contribution in [0.1, 0.15) is 54.4 Å². The average Bonchev–Trinajstić information content (AvgIpc) is 3.29. The molecule has 0 radical (unpaired) electrons. The van der Waals surface area contributed by atoms with Gasteiger partial charge in [0.25, 0.3) is 5.91 Å². The van der Waals surface area contributed by atoms with Gasteiger partial charge < -0.3 is 19.9 Å². The lowest BCUT2D eigenvalue weighted by Gasteiger charge is -2.36. The Hall–Kier alpha value is -4.25. The van der Waals surface area contributed by atoms with Gasteiger partial charge in [-0.2, -0.15) is 0 Å². The predicted octanol–water partition coefficient (Wildman–Crippen LogP) is 3.92. The SMILES string of the molecule is C=CCN1CCN(C(=O)C2Cc3cccc(c3)Oc3cc(ccc3[N+](=O)[O-])C(=O)N(C3CCCCCC3)CC(=O)N2)CC1. The molecular weight excluding hydrogens is 550 g/mol. The van der Waals surface area contributed by atoms with Crippen LogP contribution in [0.25, 0.3) is 0 Å². The third-order valence-corrected chi connectivity index (χ3v) is 8.51. The molecule has 2 fully saturated rings. The van der Waals surface area contributed by atoms with Gasteiger partial charge in [0.2, 0.25) is 17.6 Å². The molecule has 1 aliphatic carbocycles. The molecule has 11 nitrogen and oxygen atoms in total. The van der Waals surface area contributed by atoms with Gasteiger partial charge in [-0.3, -0.25) is 29.4 Å². The highest BCUT2D eigenvalue weighted by Gasteiger charge is 2.33. The van der Waals surface area contributed by atoms with Crippen LogP contribution >= 0.6 is 0 Å². The minimum Gasteiger partial charge on any atom is -0.450 e. The number of carbonyl (C=O) groups is 3. The van der Waals surface area contributed by atoms with Crippen LogP contribution < -0.4 is 10.1 Å². The number of nitrogens with one attached hydrogen (secondary N) is 1. The molecule has 2 aromatic carbocycles. The van der Waals surface area contributed by atoms with Crippen molar-refractivity contribution in [1.82, 2.24) is 20.0 Å². The van der Waals surface area contributed by atoms with Gasteiger partial charge in [0.05, 0.1) is 4.92 Å². The van der Waals surface area contributed by atoms with Crippen molar-refractivity contribution in [2.24, 2.45) is 0 Å². The fraction of sp³-hybridized carbons (Fsp3) is 0.469. The van der Waals surface area contributed by atoms with E-state index < -0.39 is 22.8 Å². The Bertz CT molecular complexity index is 1360. The molecule has 3 aliphatic rings. The Kier molecular flexibility index (Phi) is 9.71. The van der Waals surface area contributed by atoms with Gasteiger partial charge in [0.1, 0.15) is 18.3 Å². The summed E-state index contributed by atoms with van der Waals surface area (Å²) in [6.45, 7) is 6.82. The summed E-state index contributed by atoms with van der Waals surface area (Å²) < 4.78 is 6.00. The zero-order valence-electron chi connectivity index (χ0n) is 24.4. The zero-order valence-corrected chi connectivity index (χ0v) is 24.4. The second kappa shape index (κ2) is 13.8. The molecule has 1 saturated carbocycles. The highest BCUT2D eigenvalue weighted by atomic mass is 16.6. The summed E-state index contributed by atoms with van der Waals surface area (Å²) in [6.07, 6.45) is 7.58. The molecule has 0 spiro atoms. The van der Waals surface area contributed by atoms with Crippen molar-refractivity contribution in [3.8, 4) is 11.5 Å². The van der Waals surface area contributed by atoms with Crippen molar-refractivity contribution < 1.29 is 24.0 Å². The van der Waals surface area contributed by atoms with Crippen molar-refractivity contribution in [1.29, 1.82) is 0 Å². The van der Waals surface area contributed by atoms with E-state index in [9.17, 15) is 24.5 Å². The van der Waals surface area contributed by atoms with E-state index in [1.54, 1.807) is 28.0 Å². The molecule has 1 unspecified atom stereocenters. The minimum absolute atomic E-state index is 0.0552. The normalized spacial score (nSPS) is 20.8. The Morgan fingerprint density at radius 2 is 1.79 bits per heavy atom. The number of nitrogens with zero attached hydrogens (tertiary/aromatic N) is 4. The molecule has 2 aromatic rings. The average molecular weight is 590 g/mol. The summed E-state index contributed by atoms with van der Waals surface area (Å²) in [6, 6.07) is 10.0. The van der Waals surface area contributed by atoms with Gasteiger partial charge in [-0.25, -0.2) is 0 Å². The summed E-state index contributed by atoms with van der Waals surface area (Å²) >= 11 is 0. The van der Waals surface area contributed by atoms with Crippen molar-refractivity contribution in [2.45, 2.75) is 57.0 Å². The van der Waals surface area contributed by atoms with Crippen LogP contribution in [-0.4, -0.2) is 88.7 Å². The predicted molar refractivity (Wildman–Crippen MR) is 161 cm³/mol. The zero-order chi connectivity index (χ0) is 30.3. The molecule has 4 bridgehead atoms. The van der Waals surface area contributed by atoms with Gasteiger partial charge in [0, 0.05) is 62.9 Å². The highest BCUT2D eigenvalue weighted by Crippen LogP contribution is 2.34. The first-order valence-corrected chi connectivity index (χ1v) is 15.1. The van der Waals surface area contributed by atoms with E-state index in [-0.39, 0.29) is 41.9 Å². The van der Waals surface area contributed by atoms with Crippen LogP contribution in [0.5, 0.6) is 11.5 Å². The van der Waals surface area contributed by atoms with Gasteiger partial charge in [-0.15, -0.1) is 6.58 Å². The maximum Gasteiger partial charge on any atom is 0.311 e. The van der Waals surface area contributed by atoms with Gasteiger partial charge >= 0.3 is 5.69 Å². The minimum atomic E-state index is -0.852. The number of ether oxygens (including phenoxy) is 1. The van der Waals surface area contributed by atoms with Gasteiger partial charge in [0.15, 0.2) is 0 Å². The lowest BCUT2D eigenvalue weighted by Crippen LogP contribution is -2.57. The first kappa shape index (κ1) is 30.2. The fourth-order valence-corrected chi connectivity index (χ4v) is 6.23. The third-order valence-electron chi connectivity index (χ3n) is 8.51. The largest absolute Gasteiger partial charge is 0.450 e. The molecule has 43 heavy (non-hydrogen) atoms. The number of rotatable bonds is 5. The van der Waals surface area contributed by atoms with Crippen LogP contribution in [0.15, 0.2) is 55.1 Å². The van der Waals surface area contributed by atoms with E-state index in [1.165, 1.54) is 18.2 Å². The molecule has 2 aliphatic heterocycles. The molecule has 1 N–H and O–H groups in total. The Labute approximate surface area is 251 Å². The molecule has 0 aromatic heterocycles. The van der Waals surface area contributed by atoms with Crippen LogP contribution in [0, 0.1) is 10.1 Å². The summed E-state index contributed by atoms with van der Waals surface area (Å²) in [4.78, 5) is 58.3. The lowest BCUT2D eigenvalue weighted by atomic mass is 10.0. The number of piperazine rings is 1. The van der Waals surface area contributed by atoms with Crippen molar-refractivity contribution in [3.05, 3.63) is 76.4 Å². The number of fused-ring (bicyclic) bond motifs is 4. The Morgan fingerprint density at radius 3 is 2.49 bits per heavy atom. The number of nitro groups is 1. The van der Waals surface area contributed by atoms with Crippen LogP contribution in [0.4, 0.5) is 5.69 Å². The van der Waals surface area contributed by atoms with E-state index in [0.717, 1.165) is 50.6 Å². The molecule has 11 heteroatoms. The first-order chi connectivity index (χ1) is 20.8. The summed E-state index contributed by atoms with van der Waals surface area (Å²) in [7, 11) is 0. The quantitative estimate of drug-likeness (QED) is 0.243. The van der Waals surface area contributed by atoms with Crippen molar-refractivity contribution in [3.63, 3.8) is 0 Å². The summed E-state index contributed by atoms with van der Waals surface area (Å²) in [5, 5.41) is 14.8. The maximum absolute atomic E-state index is 14.0. The maximum atomic E-state index is 14.0. The van der Waals surface area contributed by atoms with Gasteiger partial charge in [-0.05, 0) is 36.6 Å². The van der Waals surface area contributed by atoms with E-state index in [1.807, 2.05) is 12.1 Å². The smallest absolute Gasteiger partial charge is 0.311 e. The number of hydrogen-bond acceptors (Lipinski definition) is 7. The molecule has 5 rings (SSSR count). The molecule has 1 saturated heterocycles. The van der Waals surface area contributed by atoms with E-state index >= 15 is 0 Å². The monoisotopic (exact) mass is 589 g/mol. The molecule has 3 amide bonds. The summed E-state index contributed by atoms with van der Waals surface area (Å²) in [5.41, 5.74) is 0.668. The topological polar surface area (TPSA) is 125 Å². The van der Waals surface area contributed by atoms with E-state index in [2.05, 4.69) is 16.8 Å². The lowest BCUT2D eigenvalue weighted by molar-refractivity contribution is -0.385. The van der Waals surface area contributed by atoms with E-state index in [4.69, 9.17) is 4.74 Å². The summed E-state index contributed by atoms with van der Waals surface area (Å²) in [5.74, 6) is -0.710. The second-order valence-corrected chi connectivity index (χ2v) is 11.5. The number of hydrogen-bond donors (Lipinski definition) is 1. The fourth-order valence-electron chi connectivity index (χ4n) is 6.23. The van der Waals surface area contributed by atoms with Crippen molar-refractivity contribution in [2.75, 3.05) is 39.3 Å². The number of nitro benzene ring substituents is 1. The van der Waals surface area contributed by atoms with Crippen LogP contribution in [0.2, 0.25) is 0 Å². The van der Waals surface area contributed by atoms with Crippen LogP contribution in [0.3, 0.4) is 0 Å². The number of benzene rings is 2. The standard InChI is InChI=1S/C32H39N5O6/c1-2-14-34-15-17-35(18-16-34)32(40)27-20-23-8-7-11-26(19-23)43-29-21-24(12-13-28(29)37(41)42)31(39)36(22-30(38)33-27)25-9-5-3-4-6-10-25/h2,7-8,11-13,19,21,25,27H,1,3-6,9-10,14-18,20,22H2,(H,33,38). The van der Waals surface area contributed by atoms with Gasteiger partial charge in [-0.1, -0.05) is 43.9 Å². The van der Waals surface area contributed by atoms with Crippen molar-refractivity contribution >= 4 is 23.4 Å². The van der Waals surface area contributed by atoms with Crippen LogP contribution in [-0.2, 0) is 16.0 Å². The molecule has 1 atom stereocenters. The first-order valence-electron chi connectivity index (χ1n) is 15.1. The molecular formula is C32H39N5O6. The van der Waals surface area contributed by atoms with E-state index in [0.29, 0.717) is 31.9 Å².